The monoisotopic (exact) mass is 425 g/mol. The van der Waals surface area contributed by atoms with E-state index in [-0.39, 0.29) is 5.91 Å². The van der Waals surface area contributed by atoms with Crippen LogP contribution in [0, 0.1) is 5.21 Å². The predicted molar refractivity (Wildman–Crippen MR) is 107 cm³/mol. The maximum absolute atomic E-state index is 12.4. The molecule has 0 unspecified atom stereocenters. The van der Waals surface area contributed by atoms with Gasteiger partial charge in [-0.3, -0.25) is 4.79 Å². The molecule has 1 amide bonds. The van der Waals surface area contributed by atoms with Crippen molar-refractivity contribution in [2.75, 3.05) is 5.32 Å². The summed E-state index contributed by atoms with van der Waals surface area (Å²) in [6, 6.07) is 10.3. The van der Waals surface area contributed by atoms with Crippen LogP contribution in [0.3, 0.4) is 0 Å². The highest BCUT2D eigenvalue weighted by molar-refractivity contribution is 8.00. The Kier molecular flexibility index (Phi) is 6.03. The van der Waals surface area contributed by atoms with Gasteiger partial charge in [0, 0.05) is 23.1 Å². The first-order valence-corrected chi connectivity index (χ1v) is 10.0. The molecule has 0 bridgehead atoms. The molecule has 3 rings (SSSR count). The van der Waals surface area contributed by atoms with Gasteiger partial charge in [-0.2, -0.15) is 4.73 Å². The van der Waals surface area contributed by atoms with Gasteiger partial charge < -0.3 is 10.5 Å². The van der Waals surface area contributed by atoms with Gasteiger partial charge in [-0.1, -0.05) is 29.3 Å². The van der Waals surface area contributed by atoms with Crippen LogP contribution in [0.2, 0.25) is 10.0 Å². The average Bonchev–Trinajstić information content (AvgIpc) is 3.07. The molecule has 0 aliphatic rings. The normalized spacial score (nSPS) is 12.0. The third-order valence-electron chi connectivity index (χ3n) is 3.41. The summed E-state index contributed by atoms with van der Waals surface area (Å²) in [5.41, 5.74) is 1.51. The maximum atomic E-state index is 12.4. The van der Waals surface area contributed by atoms with Crippen molar-refractivity contribution < 1.29 is 9.52 Å². The molecule has 0 spiro atoms. The number of thioether (sulfide) groups is 1. The molecule has 26 heavy (non-hydrogen) atoms. The molecule has 0 radical (unpaired) electrons. The molecule has 0 saturated heterocycles. The molecule has 0 saturated carbocycles. The van der Waals surface area contributed by atoms with Crippen molar-refractivity contribution in [3.05, 3.63) is 63.2 Å². The zero-order valence-electron chi connectivity index (χ0n) is 13.5. The number of thiazole rings is 1. The second kappa shape index (κ2) is 8.26. The fraction of sp³-hybridized carbons (Fsp3) is 0.118. The lowest BCUT2D eigenvalue weighted by atomic mass is 10.2. The van der Waals surface area contributed by atoms with Crippen molar-refractivity contribution in [2.45, 2.75) is 17.2 Å². The number of hydrogen-bond donors (Lipinski definition) is 1. The van der Waals surface area contributed by atoms with E-state index in [9.17, 15) is 10.0 Å². The Morgan fingerprint density at radius 2 is 2.12 bits per heavy atom. The van der Waals surface area contributed by atoms with Crippen molar-refractivity contribution in [3.63, 3.8) is 0 Å². The molecule has 1 aromatic carbocycles. The summed E-state index contributed by atoms with van der Waals surface area (Å²) in [4.78, 5) is 16.8. The largest absolute Gasteiger partial charge is 0.618 e. The highest BCUT2D eigenvalue weighted by Crippen LogP contribution is 2.31. The van der Waals surface area contributed by atoms with E-state index in [1.54, 1.807) is 37.3 Å². The number of anilines is 1. The molecule has 3 aromatic rings. The molecule has 1 N–H and O–H groups in total. The van der Waals surface area contributed by atoms with Crippen LogP contribution in [0.15, 0.2) is 53.0 Å². The molecule has 134 valence electrons. The summed E-state index contributed by atoms with van der Waals surface area (Å²) < 4.78 is 0.736. The number of amides is 1. The topological polar surface area (TPSA) is 68.9 Å². The number of carbonyl (C=O) groups is 1. The lowest BCUT2D eigenvalue weighted by molar-refractivity contribution is -0.645. The number of aromatic nitrogens is 2. The van der Waals surface area contributed by atoms with Crippen molar-refractivity contribution in [1.29, 1.82) is 0 Å². The number of carbonyl (C=O) groups excluding carboxylic acids is 1. The third-order valence-corrected chi connectivity index (χ3v) is 6.03. The first-order chi connectivity index (χ1) is 12.4. The molecule has 9 heteroatoms. The number of nitrogens with one attached hydrogen (secondary N) is 1. The highest BCUT2D eigenvalue weighted by Gasteiger charge is 2.20. The molecule has 1 atom stereocenters. The number of pyridine rings is 1. The molecule has 2 heterocycles. The van der Waals surface area contributed by atoms with Gasteiger partial charge in [0.1, 0.15) is 0 Å². The van der Waals surface area contributed by atoms with Gasteiger partial charge in [-0.05, 0) is 36.9 Å². The number of nitrogens with zero attached hydrogens (tertiary/aromatic N) is 2. The first kappa shape index (κ1) is 19.0. The Hall–Kier alpha value is -1.80. The van der Waals surface area contributed by atoms with Crippen LogP contribution in [0.4, 0.5) is 5.13 Å². The van der Waals surface area contributed by atoms with Crippen LogP contribution >= 0.6 is 46.3 Å². The number of rotatable bonds is 5. The Bertz CT molecular complexity index is 949. The summed E-state index contributed by atoms with van der Waals surface area (Å²) in [7, 11) is 0. The standard InChI is InChI=1S/C17H13Cl2N3O2S2/c1-10(26-15-4-2-3-7-22(15)24)16(23)21-17-20-14(9-25-17)11-5-6-12(18)13(19)8-11/h2-10H,1H3,(H,20,21,23)/t10-/m0/s1. The minimum atomic E-state index is -0.449. The summed E-state index contributed by atoms with van der Waals surface area (Å²) in [6.07, 6.45) is 1.40. The van der Waals surface area contributed by atoms with E-state index in [1.165, 1.54) is 29.3 Å². The summed E-state index contributed by atoms with van der Waals surface area (Å²) in [5.74, 6) is -0.228. The van der Waals surface area contributed by atoms with E-state index < -0.39 is 5.25 Å². The van der Waals surface area contributed by atoms with E-state index in [1.807, 2.05) is 11.4 Å². The number of hydrogen-bond acceptors (Lipinski definition) is 5. The summed E-state index contributed by atoms with van der Waals surface area (Å²) >= 11 is 14.5. The molecule has 0 aliphatic carbocycles. The SMILES string of the molecule is C[C@H](Sc1cccc[n+]1[O-])C(=O)Nc1nc(-c2ccc(Cl)c(Cl)c2)cs1. The smallest absolute Gasteiger partial charge is 0.252 e. The first-order valence-electron chi connectivity index (χ1n) is 7.50. The van der Waals surface area contributed by atoms with Crippen LogP contribution in [-0.4, -0.2) is 16.1 Å². The van der Waals surface area contributed by atoms with Gasteiger partial charge in [0.15, 0.2) is 11.3 Å². The second-order valence-electron chi connectivity index (χ2n) is 5.28. The Morgan fingerprint density at radius 3 is 2.85 bits per heavy atom. The summed E-state index contributed by atoms with van der Waals surface area (Å²) in [6.45, 7) is 1.74. The zero-order valence-corrected chi connectivity index (χ0v) is 16.6. The fourth-order valence-electron chi connectivity index (χ4n) is 2.06. The Morgan fingerprint density at radius 1 is 1.31 bits per heavy atom. The molecule has 2 aromatic heterocycles. The number of halogens is 2. The molecule has 0 fully saturated rings. The highest BCUT2D eigenvalue weighted by atomic mass is 35.5. The van der Waals surface area contributed by atoms with Crippen molar-refractivity contribution in [2.24, 2.45) is 0 Å². The quantitative estimate of drug-likeness (QED) is 0.359. The predicted octanol–water partition coefficient (Wildman–Crippen LogP) is 4.87. The van der Waals surface area contributed by atoms with E-state index in [0.29, 0.717) is 25.9 Å². The minimum Gasteiger partial charge on any atom is -0.618 e. The van der Waals surface area contributed by atoms with Gasteiger partial charge in [0.05, 0.1) is 21.0 Å². The van der Waals surface area contributed by atoms with E-state index in [2.05, 4.69) is 10.3 Å². The van der Waals surface area contributed by atoms with Crippen molar-refractivity contribution in [1.82, 2.24) is 4.98 Å². The fourth-order valence-corrected chi connectivity index (χ4v) is 3.94. The van der Waals surface area contributed by atoms with Crippen LogP contribution in [0.5, 0.6) is 0 Å². The van der Waals surface area contributed by atoms with E-state index in [0.717, 1.165) is 10.3 Å². The Labute approximate surface area is 168 Å². The van der Waals surface area contributed by atoms with Gasteiger partial charge in [-0.25, -0.2) is 4.98 Å². The van der Waals surface area contributed by atoms with E-state index in [4.69, 9.17) is 23.2 Å². The third kappa shape index (κ3) is 4.48. The molecular weight excluding hydrogens is 413 g/mol. The second-order valence-corrected chi connectivity index (χ2v) is 8.31. The van der Waals surface area contributed by atoms with Gasteiger partial charge in [0.25, 0.3) is 5.03 Å². The molecule has 0 aliphatic heterocycles. The molecular formula is C17H13Cl2N3O2S2. The van der Waals surface area contributed by atoms with Crippen LogP contribution in [-0.2, 0) is 4.79 Å². The Balaban J connectivity index is 1.67. The van der Waals surface area contributed by atoms with E-state index >= 15 is 0 Å². The van der Waals surface area contributed by atoms with Gasteiger partial charge in [0.2, 0.25) is 5.91 Å². The van der Waals surface area contributed by atoms with Crippen molar-refractivity contribution >= 4 is 57.3 Å². The van der Waals surface area contributed by atoms with Crippen LogP contribution in [0.25, 0.3) is 11.3 Å². The maximum Gasteiger partial charge on any atom is 0.252 e. The zero-order chi connectivity index (χ0) is 18.7. The average molecular weight is 426 g/mol. The van der Waals surface area contributed by atoms with Gasteiger partial charge >= 0.3 is 0 Å². The van der Waals surface area contributed by atoms with Crippen LogP contribution in [0.1, 0.15) is 6.92 Å². The summed E-state index contributed by atoms with van der Waals surface area (Å²) in [5, 5.41) is 17.7. The lowest BCUT2D eigenvalue weighted by Crippen LogP contribution is -2.30. The molecule has 5 nitrogen and oxygen atoms in total. The van der Waals surface area contributed by atoms with Crippen LogP contribution < -0.4 is 10.0 Å². The lowest BCUT2D eigenvalue weighted by Gasteiger charge is -2.09. The van der Waals surface area contributed by atoms with Crippen molar-refractivity contribution in [3.8, 4) is 11.3 Å². The van der Waals surface area contributed by atoms with Gasteiger partial charge in [-0.15, -0.1) is 11.3 Å². The number of benzene rings is 1. The minimum absolute atomic E-state index is 0.228.